The maximum atomic E-state index is 11.5. The Balaban J connectivity index is 0.000000288. The van der Waals surface area contributed by atoms with Crippen LogP contribution in [0.25, 0.3) is 0 Å². The van der Waals surface area contributed by atoms with Crippen LogP contribution < -0.4 is 16.0 Å². The summed E-state index contributed by atoms with van der Waals surface area (Å²) in [6, 6.07) is 27.3. The first-order chi connectivity index (χ1) is 20.1. The molecule has 1 aliphatic rings. The van der Waals surface area contributed by atoms with Crippen molar-refractivity contribution in [2.45, 2.75) is 47.1 Å². The fraction of sp³-hybridized carbons (Fsp3) is 0.303. The van der Waals surface area contributed by atoms with E-state index in [1.165, 1.54) is 17.4 Å². The highest BCUT2D eigenvalue weighted by Gasteiger charge is 2.32. The number of aryl methyl sites for hydroxylation is 3. The molecule has 0 aromatic heterocycles. The molecule has 0 saturated carbocycles. The number of carbonyl (C=O) groups is 4. The van der Waals surface area contributed by atoms with E-state index in [0.29, 0.717) is 25.3 Å². The van der Waals surface area contributed by atoms with Crippen LogP contribution in [0, 0.1) is 38.0 Å². The zero-order chi connectivity index (χ0) is 31.3. The molecule has 222 valence electrons. The second-order valence-electron chi connectivity index (χ2n) is 9.76. The third-order valence-corrected chi connectivity index (χ3v) is 6.04. The summed E-state index contributed by atoms with van der Waals surface area (Å²) in [6.07, 6.45) is 1.87. The molecule has 2 atom stereocenters. The zero-order valence-corrected chi connectivity index (χ0v) is 25.0. The van der Waals surface area contributed by atoms with Crippen LogP contribution in [0.15, 0.2) is 78.9 Å². The molecular weight excluding hydrogens is 530 g/mol. The van der Waals surface area contributed by atoms with E-state index in [1.54, 1.807) is 0 Å². The van der Waals surface area contributed by atoms with Crippen LogP contribution in [-0.4, -0.2) is 48.7 Å². The standard InChI is InChI=1S/C10H13NO.C9H13N3O2.C7H7NO.C7H8/c1-7-5-4-6-8(2)10(7)11-9(3)12;1-7-2-8(3-10)12(5-7)9(14)4-11-6-13;9-6-8-7-4-2-1-3-5-7;1-7-5-3-2-4-6-7/h4-6H,1-3H3,(H,11,12);6-8H,2,4-5H2,1H3,(H,11,13);1-6H,(H,8,9);2-6H,1H3. The highest BCUT2D eigenvalue weighted by Crippen LogP contribution is 2.22. The van der Waals surface area contributed by atoms with Crippen molar-refractivity contribution in [2.24, 2.45) is 5.92 Å². The summed E-state index contributed by atoms with van der Waals surface area (Å²) in [5.74, 6) is 0.153. The Morgan fingerprint density at radius 2 is 1.48 bits per heavy atom. The number of benzene rings is 3. The number of anilines is 2. The number of nitriles is 1. The van der Waals surface area contributed by atoms with Crippen LogP contribution in [0.1, 0.15) is 37.0 Å². The Morgan fingerprint density at radius 3 is 1.93 bits per heavy atom. The summed E-state index contributed by atoms with van der Waals surface area (Å²) >= 11 is 0. The highest BCUT2D eigenvalue weighted by molar-refractivity contribution is 5.90. The molecule has 0 bridgehead atoms. The van der Waals surface area contributed by atoms with Gasteiger partial charge in [0.1, 0.15) is 6.04 Å². The molecule has 42 heavy (non-hydrogen) atoms. The Hall–Kier alpha value is -4.97. The summed E-state index contributed by atoms with van der Waals surface area (Å²) < 4.78 is 0. The number of amides is 4. The molecule has 1 fully saturated rings. The first kappa shape index (κ1) is 35.1. The normalized spacial score (nSPS) is 14.5. The number of carbonyl (C=O) groups excluding carboxylic acids is 4. The second kappa shape index (κ2) is 20.0. The van der Waals surface area contributed by atoms with Gasteiger partial charge in [-0.25, -0.2) is 0 Å². The van der Waals surface area contributed by atoms with Gasteiger partial charge in [-0.2, -0.15) is 5.26 Å². The van der Waals surface area contributed by atoms with Crippen LogP contribution in [0.5, 0.6) is 0 Å². The van der Waals surface area contributed by atoms with E-state index >= 15 is 0 Å². The van der Waals surface area contributed by atoms with E-state index in [4.69, 9.17) is 5.26 Å². The number of hydrogen-bond acceptors (Lipinski definition) is 5. The number of likely N-dealkylation sites (tertiary alicyclic amines) is 1. The number of rotatable bonds is 6. The van der Waals surface area contributed by atoms with Crippen molar-refractivity contribution in [1.82, 2.24) is 10.2 Å². The van der Waals surface area contributed by atoms with Crippen molar-refractivity contribution in [1.29, 1.82) is 5.26 Å². The summed E-state index contributed by atoms with van der Waals surface area (Å²) in [6.45, 7) is 10.2. The number of nitrogens with zero attached hydrogens (tertiary/aromatic N) is 2. The maximum absolute atomic E-state index is 11.5. The van der Waals surface area contributed by atoms with Crippen LogP contribution in [0.2, 0.25) is 0 Å². The van der Waals surface area contributed by atoms with Gasteiger partial charge in [0.15, 0.2) is 0 Å². The monoisotopic (exact) mass is 571 g/mol. The average Bonchev–Trinajstić information content (AvgIpc) is 3.37. The maximum Gasteiger partial charge on any atom is 0.243 e. The lowest BCUT2D eigenvalue weighted by molar-refractivity contribution is -0.131. The van der Waals surface area contributed by atoms with Crippen molar-refractivity contribution in [3.63, 3.8) is 0 Å². The molecule has 4 rings (SSSR count). The molecule has 4 amide bonds. The largest absolute Gasteiger partial charge is 0.350 e. The van der Waals surface area contributed by atoms with E-state index in [0.717, 1.165) is 28.9 Å². The Labute approximate surface area is 248 Å². The minimum atomic E-state index is -0.328. The molecule has 2 unspecified atom stereocenters. The van der Waals surface area contributed by atoms with Gasteiger partial charge in [0, 0.05) is 24.8 Å². The average molecular weight is 572 g/mol. The number of nitrogens with one attached hydrogen (secondary N) is 3. The Morgan fingerprint density at radius 1 is 0.905 bits per heavy atom. The molecule has 1 aliphatic heterocycles. The lowest BCUT2D eigenvalue weighted by Crippen LogP contribution is -2.40. The molecular formula is C33H41N5O4. The van der Waals surface area contributed by atoms with Gasteiger partial charge in [-0.05, 0) is 56.4 Å². The molecule has 1 saturated heterocycles. The topological polar surface area (TPSA) is 131 Å². The van der Waals surface area contributed by atoms with E-state index in [1.807, 2.05) is 87.5 Å². The molecule has 3 aromatic rings. The minimum absolute atomic E-state index is 0.0194. The third-order valence-electron chi connectivity index (χ3n) is 6.04. The van der Waals surface area contributed by atoms with Crippen LogP contribution >= 0.6 is 0 Å². The second-order valence-corrected chi connectivity index (χ2v) is 9.76. The van der Waals surface area contributed by atoms with Gasteiger partial charge in [-0.1, -0.05) is 79.2 Å². The van der Waals surface area contributed by atoms with Gasteiger partial charge >= 0.3 is 0 Å². The van der Waals surface area contributed by atoms with Crippen molar-refractivity contribution in [2.75, 3.05) is 23.7 Å². The fourth-order valence-corrected chi connectivity index (χ4v) is 4.00. The fourth-order valence-electron chi connectivity index (χ4n) is 4.00. The third kappa shape index (κ3) is 13.9. The van der Waals surface area contributed by atoms with Gasteiger partial charge in [-0.15, -0.1) is 0 Å². The van der Waals surface area contributed by atoms with Gasteiger partial charge in [-0.3, -0.25) is 19.2 Å². The quantitative estimate of drug-likeness (QED) is 0.358. The number of hydrogen-bond donors (Lipinski definition) is 3. The lowest BCUT2D eigenvalue weighted by Gasteiger charge is -2.18. The van der Waals surface area contributed by atoms with Crippen molar-refractivity contribution in [3.05, 3.63) is 95.6 Å². The Kier molecular flexibility index (Phi) is 16.7. The summed E-state index contributed by atoms with van der Waals surface area (Å²) in [5, 5.41) is 16.4. The summed E-state index contributed by atoms with van der Waals surface area (Å²) in [5.41, 5.74) is 5.29. The van der Waals surface area contributed by atoms with Gasteiger partial charge in [0.25, 0.3) is 0 Å². The molecule has 0 aliphatic carbocycles. The Bertz CT molecular complexity index is 1270. The van der Waals surface area contributed by atoms with Crippen LogP contribution in [0.3, 0.4) is 0 Å². The molecule has 3 N–H and O–H groups in total. The first-order valence-electron chi connectivity index (χ1n) is 13.6. The summed E-state index contributed by atoms with van der Waals surface area (Å²) in [7, 11) is 0. The molecule has 9 heteroatoms. The molecule has 9 nitrogen and oxygen atoms in total. The smallest absolute Gasteiger partial charge is 0.243 e. The van der Waals surface area contributed by atoms with E-state index in [-0.39, 0.29) is 24.4 Å². The van der Waals surface area contributed by atoms with Crippen LogP contribution in [-0.2, 0) is 19.2 Å². The SMILES string of the molecule is CC(=O)Nc1c(C)cccc1C.CC1CC(C#N)N(C(=O)CNC=O)C1.Cc1ccccc1.O=CNc1ccccc1. The minimum Gasteiger partial charge on any atom is -0.350 e. The van der Waals surface area contributed by atoms with Crippen molar-refractivity contribution >= 4 is 36.0 Å². The first-order valence-corrected chi connectivity index (χ1v) is 13.6. The molecule has 0 spiro atoms. The highest BCUT2D eigenvalue weighted by atomic mass is 16.2. The predicted octanol–water partition coefficient (Wildman–Crippen LogP) is 5.00. The van der Waals surface area contributed by atoms with E-state index < -0.39 is 0 Å². The van der Waals surface area contributed by atoms with E-state index in [9.17, 15) is 19.2 Å². The van der Waals surface area contributed by atoms with Crippen molar-refractivity contribution in [3.8, 4) is 6.07 Å². The number of para-hydroxylation sites is 2. The van der Waals surface area contributed by atoms with Gasteiger partial charge in [0.2, 0.25) is 24.6 Å². The predicted molar refractivity (Wildman–Crippen MR) is 166 cm³/mol. The van der Waals surface area contributed by atoms with Crippen LogP contribution in [0.4, 0.5) is 11.4 Å². The molecule has 3 aromatic carbocycles. The van der Waals surface area contributed by atoms with Gasteiger partial charge < -0.3 is 20.9 Å². The van der Waals surface area contributed by atoms with E-state index in [2.05, 4.69) is 41.1 Å². The zero-order valence-electron chi connectivity index (χ0n) is 25.0. The lowest BCUT2D eigenvalue weighted by atomic mass is 10.1. The van der Waals surface area contributed by atoms with Gasteiger partial charge in [0.05, 0.1) is 12.6 Å². The summed E-state index contributed by atoms with van der Waals surface area (Å²) in [4.78, 5) is 43.7. The molecule has 0 radical (unpaired) electrons. The van der Waals surface area contributed by atoms with Crippen molar-refractivity contribution < 1.29 is 19.2 Å². The molecule has 1 heterocycles.